The Labute approximate surface area is 82.5 Å². The van der Waals surface area contributed by atoms with Crippen LogP contribution in [0.25, 0.3) is 0 Å². The van der Waals surface area contributed by atoms with Gasteiger partial charge in [0.2, 0.25) is 6.43 Å². The first kappa shape index (κ1) is 14.9. The zero-order valence-corrected chi connectivity index (χ0v) is 7.61. The molecule has 0 aliphatic heterocycles. The van der Waals surface area contributed by atoms with Crippen LogP contribution in [0.3, 0.4) is 0 Å². The smallest absolute Gasteiger partial charge is 0.748 e. The van der Waals surface area contributed by atoms with E-state index in [0.717, 1.165) is 0 Å². The first-order valence-electron chi connectivity index (χ1n) is 3.13. The zero-order chi connectivity index (χ0) is 8.91. The molecule has 0 aliphatic rings. The van der Waals surface area contributed by atoms with Crippen molar-refractivity contribution >= 4 is 10.1 Å². The van der Waals surface area contributed by atoms with E-state index in [9.17, 15) is 21.8 Å². The van der Waals surface area contributed by atoms with Crippen molar-refractivity contribution in [3.8, 4) is 0 Å². The summed E-state index contributed by atoms with van der Waals surface area (Å²) in [7, 11) is -4.22. The van der Waals surface area contributed by atoms with Crippen LogP contribution in [0.5, 0.6) is 0 Å². The molecule has 0 aromatic carbocycles. The molecule has 0 heterocycles. The van der Waals surface area contributed by atoms with E-state index in [1.54, 1.807) is 0 Å². The third-order valence-electron chi connectivity index (χ3n) is 1.07. The second-order valence-corrected chi connectivity index (χ2v) is 3.67. The summed E-state index contributed by atoms with van der Waals surface area (Å²) in [6, 6.07) is 0. The van der Waals surface area contributed by atoms with Gasteiger partial charge in [-0.2, -0.15) is 0 Å². The van der Waals surface area contributed by atoms with E-state index in [2.05, 4.69) is 0 Å². The molecule has 0 fully saturated rings. The molecule has 7 heteroatoms. The summed E-state index contributed by atoms with van der Waals surface area (Å²) in [6.45, 7) is 0. The van der Waals surface area contributed by atoms with Crippen molar-refractivity contribution in [2.45, 2.75) is 25.7 Å². The fraction of sp³-hybridized carbons (Fsp3) is 1.00. The van der Waals surface area contributed by atoms with Gasteiger partial charge < -0.3 is 4.55 Å². The minimum Gasteiger partial charge on any atom is -0.748 e. The van der Waals surface area contributed by atoms with Gasteiger partial charge in [0.1, 0.15) is 0 Å². The molecule has 0 aromatic rings. The van der Waals surface area contributed by atoms with E-state index in [-0.39, 0.29) is 38.1 Å². The predicted octanol–water partition coefficient (Wildman–Crippen LogP) is -2.03. The second kappa shape index (κ2) is 6.84. The number of hydrogen-bond acceptors (Lipinski definition) is 3. The van der Waals surface area contributed by atoms with Gasteiger partial charge in [-0.1, -0.05) is 0 Å². The topological polar surface area (TPSA) is 57.2 Å². The summed E-state index contributed by atoms with van der Waals surface area (Å²) in [5.41, 5.74) is 0. The fourth-order valence-corrected chi connectivity index (χ4v) is 1.14. The van der Waals surface area contributed by atoms with Gasteiger partial charge in [-0.15, -0.1) is 0 Å². The average molecular weight is 194 g/mol. The number of halogens is 2. The summed E-state index contributed by atoms with van der Waals surface area (Å²) in [5, 5.41) is 0. The van der Waals surface area contributed by atoms with Gasteiger partial charge >= 0.3 is 18.9 Å². The van der Waals surface area contributed by atoms with Crippen LogP contribution in [-0.4, -0.2) is 25.1 Å². The van der Waals surface area contributed by atoms with Crippen molar-refractivity contribution in [1.82, 2.24) is 0 Å². The van der Waals surface area contributed by atoms with Crippen molar-refractivity contribution in [2.75, 3.05) is 5.75 Å². The minimum atomic E-state index is -4.22. The second-order valence-electron chi connectivity index (χ2n) is 2.15. The Kier molecular flexibility index (Phi) is 8.47. The molecule has 0 saturated carbocycles. The number of unbranched alkanes of at least 4 members (excludes halogenated alkanes) is 1. The van der Waals surface area contributed by atoms with Crippen molar-refractivity contribution < 1.29 is 40.6 Å². The van der Waals surface area contributed by atoms with Gasteiger partial charge in [-0.3, -0.25) is 0 Å². The molecule has 0 aromatic heterocycles. The molecule has 0 unspecified atom stereocenters. The Morgan fingerprint density at radius 1 is 1.25 bits per heavy atom. The van der Waals surface area contributed by atoms with Crippen molar-refractivity contribution in [2.24, 2.45) is 0 Å². The van der Waals surface area contributed by atoms with Crippen LogP contribution in [0.15, 0.2) is 0 Å². The van der Waals surface area contributed by atoms with Crippen molar-refractivity contribution in [1.29, 1.82) is 0 Å². The summed E-state index contributed by atoms with van der Waals surface area (Å²) < 4.78 is 52.7. The van der Waals surface area contributed by atoms with Crippen LogP contribution in [-0.2, 0) is 10.1 Å². The zero-order valence-electron chi connectivity index (χ0n) is 6.79. The maximum absolute atomic E-state index is 11.4. The van der Waals surface area contributed by atoms with Crippen LogP contribution in [0, 0.1) is 0 Å². The predicted molar refractivity (Wildman–Crippen MR) is 34.4 cm³/mol. The van der Waals surface area contributed by atoms with Crippen LogP contribution in [0.4, 0.5) is 8.78 Å². The monoisotopic (exact) mass is 194 g/mol. The maximum Gasteiger partial charge on any atom is 1.00 e. The molecule has 0 rings (SSSR count). The van der Waals surface area contributed by atoms with E-state index in [1.807, 2.05) is 0 Å². The molecule has 12 heavy (non-hydrogen) atoms. The summed E-state index contributed by atoms with van der Waals surface area (Å²) >= 11 is 0. The largest absolute Gasteiger partial charge is 1.00 e. The first-order chi connectivity index (χ1) is 4.92. The van der Waals surface area contributed by atoms with E-state index in [4.69, 9.17) is 0 Å². The Bertz CT molecular complexity index is 193. The van der Waals surface area contributed by atoms with E-state index < -0.39 is 22.3 Å². The molecular formula is C5H9F2LiO3S. The minimum absolute atomic E-state index is 0. The quantitative estimate of drug-likeness (QED) is 0.288. The summed E-state index contributed by atoms with van der Waals surface area (Å²) in [5.74, 6) is -0.542. The molecule has 68 valence electrons. The molecule has 0 amide bonds. The normalized spacial score (nSPS) is 11.3. The molecule has 0 saturated heterocycles. The maximum atomic E-state index is 11.4. The van der Waals surface area contributed by atoms with Crippen molar-refractivity contribution in [3.63, 3.8) is 0 Å². The van der Waals surface area contributed by atoms with Gasteiger partial charge in [0.05, 0.1) is 10.1 Å². The van der Waals surface area contributed by atoms with Crippen LogP contribution < -0.4 is 18.9 Å². The van der Waals surface area contributed by atoms with Gasteiger partial charge in [0.25, 0.3) is 0 Å². The molecule has 0 radical (unpaired) electrons. The van der Waals surface area contributed by atoms with Crippen LogP contribution in [0.1, 0.15) is 19.3 Å². The third-order valence-corrected chi connectivity index (χ3v) is 1.86. The SMILES string of the molecule is O=S(=O)([O-])CCCCC(F)F.[Li+]. The molecule has 0 aliphatic carbocycles. The van der Waals surface area contributed by atoms with Crippen LogP contribution >= 0.6 is 0 Å². The number of hydrogen-bond donors (Lipinski definition) is 0. The van der Waals surface area contributed by atoms with Crippen LogP contribution in [0.2, 0.25) is 0 Å². The standard InChI is InChI=1S/C5H10F2O3S.Li/c6-5(7)3-1-2-4-11(8,9)10;/h5H,1-4H2,(H,8,9,10);/q;+1/p-1. The Morgan fingerprint density at radius 3 is 2.08 bits per heavy atom. The van der Waals surface area contributed by atoms with Crippen molar-refractivity contribution in [3.05, 3.63) is 0 Å². The third kappa shape index (κ3) is 13.0. The number of rotatable bonds is 5. The van der Waals surface area contributed by atoms with Gasteiger partial charge in [0, 0.05) is 12.2 Å². The Balaban J connectivity index is 0. The molecule has 0 bridgehead atoms. The fourth-order valence-electron chi connectivity index (χ4n) is 0.577. The first-order valence-corrected chi connectivity index (χ1v) is 4.71. The molecule has 0 N–H and O–H groups in total. The van der Waals surface area contributed by atoms with E-state index >= 15 is 0 Å². The molecule has 3 nitrogen and oxygen atoms in total. The Hall–Kier alpha value is 0.367. The number of alkyl halides is 2. The van der Waals surface area contributed by atoms with Gasteiger partial charge in [0.15, 0.2) is 0 Å². The van der Waals surface area contributed by atoms with E-state index in [1.165, 1.54) is 0 Å². The van der Waals surface area contributed by atoms with E-state index in [0.29, 0.717) is 0 Å². The van der Waals surface area contributed by atoms with Gasteiger partial charge in [-0.25, -0.2) is 17.2 Å². The van der Waals surface area contributed by atoms with Gasteiger partial charge in [-0.05, 0) is 12.8 Å². The Morgan fingerprint density at radius 2 is 1.75 bits per heavy atom. The summed E-state index contributed by atoms with van der Waals surface area (Å²) in [6.07, 6.45) is -2.64. The molecule has 0 atom stereocenters. The molecular weight excluding hydrogens is 185 g/mol. The molecule has 0 spiro atoms. The average Bonchev–Trinajstić information content (AvgIpc) is 1.78. The summed E-state index contributed by atoms with van der Waals surface area (Å²) in [4.78, 5) is 0.